The van der Waals surface area contributed by atoms with E-state index < -0.39 is 5.97 Å². The standard InChI is InChI=1S/C16H19N3O4S/c1-3-23-15(21)10-18-14(20)11-24-16-17-8-9-19(16)12-6-4-5-7-13(12)22-2/h4-9H,3,10-11H2,1-2H3,(H,18,20). The van der Waals surface area contributed by atoms with E-state index in [9.17, 15) is 9.59 Å². The van der Waals surface area contributed by atoms with Gasteiger partial charge in [0.2, 0.25) is 5.91 Å². The first-order valence-corrected chi connectivity index (χ1v) is 8.36. The van der Waals surface area contributed by atoms with Gasteiger partial charge in [0.15, 0.2) is 5.16 Å². The molecule has 8 heteroatoms. The number of nitrogens with one attached hydrogen (secondary N) is 1. The van der Waals surface area contributed by atoms with Gasteiger partial charge in [-0.1, -0.05) is 23.9 Å². The molecule has 0 aliphatic heterocycles. The van der Waals surface area contributed by atoms with Crippen LogP contribution in [0, 0.1) is 0 Å². The van der Waals surface area contributed by atoms with Gasteiger partial charge < -0.3 is 14.8 Å². The molecule has 0 unspecified atom stereocenters. The Hall–Kier alpha value is -2.48. The van der Waals surface area contributed by atoms with Gasteiger partial charge in [-0.2, -0.15) is 0 Å². The molecule has 24 heavy (non-hydrogen) atoms. The number of hydrogen-bond acceptors (Lipinski definition) is 6. The van der Waals surface area contributed by atoms with Gasteiger partial charge in [-0.15, -0.1) is 0 Å². The lowest BCUT2D eigenvalue weighted by Gasteiger charge is -2.11. The molecule has 1 aromatic carbocycles. The SMILES string of the molecule is CCOC(=O)CNC(=O)CSc1nccn1-c1ccccc1OC. The van der Waals surface area contributed by atoms with Crippen LogP contribution in [0.3, 0.4) is 0 Å². The van der Waals surface area contributed by atoms with E-state index in [1.807, 2.05) is 28.8 Å². The molecule has 1 heterocycles. The van der Waals surface area contributed by atoms with Gasteiger partial charge in [0, 0.05) is 12.4 Å². The van der Waals surface area contributed by atoms with Gasteiger partial charge >= 0.3 is 5.97 Å². The number of methoxy groups -OCH3 is 1. The first kappa shape index (κ1) is 17.9. The first-order chi connectivity index (χ1) is 11.7. The van der Waals surface area contributed by atoms with Crippen LogP contribution >= 0.6 is 11.8 Å². The Morgan fingerprint density at radius 2 is 2.12 bits per heavy atom. The molecule has 0 saturated heterocycles. The van der Waals surface area contributed by atoms with Gasteiger partial charge in [0.25, 0.3) is 0 Å². The molecule has 0 bridgehead atoms. The lowest BCUT2D eigenvalue weighted by molar-refractivity contribution is -0.143. The number of hydrogen-bond donors (Lipinski definition) is 1. The van der Waals surface area contributed by atoms with Crippen molar-refractivity contribution in [3.63, 3.8) is 0 Å². The van der Waals surface area contributed by atoms with Crippen LogP contribution in [0.2, 0.25) is 0 Å². The van der Waals surface area contributed by atoms with Crippen molar-refractivity contribution < 1.29 is 19.1 Å². The summed E-state index contributed by atoms with van der Waals surface area (Å²) in [5.41, 5.74) is 0.840. The van der Waals surface area contributed by atoms with Gasteiger partial charge in [-0.05, 0) is 19.1 Å². The smallest absolute Gasteiger partial charge is 0.325 e. The number of benzene rings is 1. The van der Waals surface area contributed by atoms with Crippen molar-refractivity contribution in [2.24, 2.45) is 0 Å². The topological polar surface area (TPSA) is 82.5 Å². The molecule has 1 aromatic heterocycles. The average molecular weight is 349 g/mol. The third-order valence-electron chi connectivity index (χ3n) is 3.02. The van der Waals surface area contributed by atoms with E-state index in [1.165, 1.54) is 11.8 Å². The van der Waals surface area contributed by atoms with Crippen molar-refractivity contribution in [3.05, 3.63) is 36.7 Å². The van der Waals surface area contributed by atoms with Crippen LogP contribution in [0.4, 0.5) is 0 Å². The van der Waals surface area contributed by atoms with Crippen LogP contribution in [-0.2, 0) is 14.3 Å². The number of aromatic nitrogens is 2. The molecule has 0 aliphatic rings. The summed E-state index contributed by atoms with van der Waals surface area (Å²) >= 11 is 1.27. The first-order valence-electron chi connectivity index (χ1n) is 7.37. The summed E-state index contributed by atoms with van der Waals surface area (Å²) in [5, 5.41) is 3.17. The Labute approximate surface area is 144 Å². The minimum atomic E-state index is -0.452. The number of ether oxygens (including phenoxy) is 2. The van der Waals surface area contributed by atoms with Crippen molar-refractivity contribution >= 4 is 23.6 Å². The lowest BCUT2D eigenvalue weighted by atomic mass is 10.3. The van der Waals surface area contributed by atoms with Crippen LogP contribution in [0.5, 0.6) is 5.75 Å². The zero-order chi connectivity index (χ0) is 17.4. The number of carbonyl (C=O) groups is 2. The number of carbonyl (C=O) groups excluding carboxylic acids is 2. The van der Waals surface area contributed by atoms with E-state index >= 15 is 0 Å². The molecule has 1 N–H and O–H groups in total. The lowest BCUT2D eigenvalue weighted by Crippen LogP contribution is -2.31. The van der Waals surface area contributed by atoms with E-state index in [0.29, 0.717) is 17.5 Å². The highest BCUT2D eigenvalue weighted by atomic mass is 32.2. The second-order valence-electron chi connectivity index (χ2n) is 4.62. The van der Waals surface area contributed by atoms with Crippen molar-refractivity contribution in [2.75, 3.05) is 26.0 Å². The van der Waals surface area contributed by atoms with E-state index in [-0.39, 0.29) is 18.2 Å². The van der Waals surface area contributed by atoms with Crippen LogP contribution in [-0.4, -0.2) is 47.4 Å². The fraction of sp³-hybridized carbons (Fsp3) is 0.312. The monoisotopic (exact) mass is 349 g/mol. The zero-order valence-electron chi connectivity index (χ0n) is 13.5. The number of nitrogens with zero attached hydrogens (tertiary/aromatic N) is 2. The van der Waals surface area contributed by atoms with Gasteiger partial charge in [-0.25, -0.2) is 4.98 Å². The Morgan fingerprint density at radius 3 is 2.88 bits per heavy atom. The molecular formula is C16H19N3O4S. The van der Waals surface area contributed by atoms with Gasteiger partial charge in [0.1, 0.15) is 12.3 Å². The number of para-hydroxylation sites is 2. The summed E-state index contributed by atoms with van der Waals surface area (Å²) in [4.78, 5) is 27.3. The molecule has 0 fully saturated rings. The minimum Gasteiger partial charge on any atom is -0.495 e. The molecule has 0 spiro atoms. The molecule has 0 saturated carbocycles. The molecule has 0 atom stereocenters. The normalized spacial score (nSPS) is 10.2. The fourth-order valence-electron chi connectivity index (χ4n) is 1.97. The number of thioether (sulfide) groups is 1. The van der Waals surface area contributed by atoms with Crippen molar-refractivity contribution in [3.8, 4) is 11.4 Å². The van der Waals surface area contributed by atoms with Crippen LogP contribution in [0.1, 0.15) is 6.92 Å². The number of esters is 1. The van der Waals surface area contributed by atoms with Crippen LogP contribution < -0.4 is 10.1 Å². The molecular weight excluding hydrogens is 330 g/mol. The number of imidazole rings is 1. The number of amides is 1. The summed E-state index contributed by atoms with van der Waals surface area (Å²) in [6.45, 7) is 1.88. The highest BCUT2D eigenvalue weighted by Gasteiger charge is 2.12. The third-order valence-corrected chi connectivity index (χ3v) is 3.99. The quantitative estimate of drug-likeness (QED) is 0.576. The Bertz CT molecular complexity index is 702. The largest absolute Gasteiger partial charge is 0.495 e. The maximum atomic E-state index is 11.8. The zero-order valence-corrected chi connectivity index (χ0v) is 14.3. The summed E-state index contributed by atoms with van der Waals surface area (Å²) < 4.78 is 12.0. The van der Waals surface area contributed by atoms with Crippen molar-refractivity contribution in [1.29, 1.82) is 0 Å². The predicted octanol–water partition coefficient (Wildman–Crippen LogP) is 1.65. The fourth-order valence-corrected chi connectivity index (χ4v) is 2.77. The Kier molecular flexibility index (Phi) is 6.68. The molecule has 1 amide bonds. The second kappa shape index (κ2) is 8.97. The Balaban J connectivity index is 1.96. The van der Waals surface area contributed by atoms with E-state index in [4.69, 9.17) is 9.47 Å². The van der Waals surface area contributed by atoms with E-state index in [2.05, 4.69) is 10.3 Å². The Morgan fingerprint density at radius 1 is 1.33 bits per heavy atom. The predicted molar refractivity (Wildman–Crippen MR) is 90.5 cm³/mol. The molecule has 2 aromatic rings. The van der Waals surface area contributed by atoms with Crippen LogP contribution in [0.25, 0.3) is 5.69 Å². The summed E-state index contributed by atoms with van der Waals surface area (Å²) in [5.74, 6) is 0.143. The van der Waals surface area contributed by atoms with Gasteiger partial charge in [-0.3, -0.25) is 14.2 Å². The minimum absolute atomic E-state index is 0.131. The molecule has 0 radical (unpaired) electrons. The van der Waals surface area contributed by atoms with E-state index in [0.717, 1.165) is 5.69 Å². The number of rotatable bonds is 8. The molecule has 2 rings (SSSR count). The highest BCUT2D eigenvalue weighted by Crippen LogP contribution is 2.26. The molecule has 7 nitrogen and oxygen atoms in total. The van der Waals surface area contributed by atoms with Crippen LogP contribution in [0.15, 0.2) is 41.8 Å². The summed E-state index contributed by atoms with van der Waals surface area (Å²) in [6, 6.07) is 7.55. The second-order valence-corrected chi connectivity index (χ2v) is 5.56. The molecule has 128 valence electrons. The van der Waals surface area contributed by atoms with Gasteiger partial charge in [0.05, 0.1) is 25.2 Å². The van der Waals surface area contributed by atoms with E-state index in [1.54, 1.807) is 26.4 Å². The summed E-state index contributed by atoms with van der Waals surface area (Å²) in [7, 11) is 1.60. The maximum Gasteiger partial charge on any atom is 0.325 e. The highest BCUT2D eigenvalue weighted by molar-refractivity contribution is 7.99. The maximum absolute atomic E-state index is 11.8. The average Bonchev–Trinajstić information content (AvgIpc) is 3.06. The molecule has 0 aliphatic carbocycles. The summed E-state index contributed by atoms with van der Waals surface area (Å²) in [6.07, 6.45) is 3.46. The van der Waals surface area contributed by atoms with Crippen molar-refractivity contribution in [2.45, 2.75) is 12.1 Å². The third kappa shape index (κ3) is 4.76. The van der Waals surface area contributed by atoms with Crippen molar-refractivity contribution in [1.82, 2.24) is 14.9 Å².